The smallest absolute Gasteiger partial charge is 0.194 e. The second-order valence-corrected chi connectivity index (χ2v) is 8.30. The van der Waals surface area contributed by atoms with Crippen LogP contribution in [0.3, 0.4) is 0 Å². The molecule has 0 N–H and O–H groups in total. The monoisotopic (exact) mass is 404 g/mol. The second kappa shape index (κ2) is 5.84. The first-order valence-corrected chi connectivity index (χ1v) is 8.92. The van der Waals surface area contributed by atoms with Crippen LogP contribution in [0.2, 0.25) is 0 Å². The van der Waals surface area contributed by atoms with E-state index in [-0.39, 0.29) is 11.6 Å². The molecule has 0 atom stereocenters. The molecule has 5 heteroatoms. The Labute approximate surface area is 156 Å². The summed E-state index contributed by atoms with van der Waals surface area (Å²) in [6.45, 7) is 4.17. The van der Waals surface area contributed by atoms with E-state index in [1.165, 1.54) is 6.07 Å². The Balaban J connectivity index is 2.35. The minimum absolute atomic E-state index is 0.134. The third-order valence-electron chi connectivity index (χ3n) is 4.98. The zero-order chi connectivity index (χ0) is 18.7. The van der Waals surface area contributed by atoms with Crippen molar-refractivity contribution in [2.75, 3.05) is 38.0 Å². The molecule has 0 heterocycles. The van der Waals surface area contributed by atoms with Gasteiger partial charge in [0.15, 0.2) is 5.78 Å². The maximum atomic E-state index is 14.5. The van der Waals surface area contributed by atoms with E-state index in [2.05, 4.69) is 35.8 Å². The largest absolute Gasteiger partial charge is 0.378 e. The van der Waals surface area contributed by atoms with Crippen molar-refractivity contribution in [3.63, 3.8) is 0 Å². The predicted molar refractivity (Wildman–Crippen MR) is 105 cm³/mol. The van der Waals surface area contributed by atoms with Crippen LogP contribution in [0.4, 0.5) is 15.8 Å². The average Bonchev–Trinajstić information content (AvgIpc) is 2.51. The molecule has 1 aliphatic rings. The molecule has 0 aliphatic heterocycles. The van der Waals surface area contributed by atoms with Gasteiger partial charge in [-0.25, -0.2) is 4.39 Å². The first-order chi connectivity index (χ1) is 11.6. The van der Waals surface area contributed by atoms with Crippen LogP contribution in [0.5, 0.6) is 0 Å². The van der Waals surface area contributed by atoms with Gasteiger partial charge in [-0.1, -0.05) is 13.8 Å². The molecule has 0 aromatic heterocycles. The lowest BCUT2D eigenvalue weighted by molar-refractivity contribution is 0.103. The maximum absolute atomic E-state index is 14.5. The zero-order valence-corrected chi connectivity index (χ0v) is 17.0. The normalized spacial score (nSPS) is 14.8. The van der Waals surface area contributed by atoms with Crippen molar-refractivity contribution < 1.29 is 9.18 Å². The van der Waals surface area contributed by atoms with Crippen LogP contribution < -0.4 is 9.80 Å². The van der Waals surface area contributed by atoms with Crippen LogP contribution in [0.25, 0.3) is 0 Å². The van der Waals surface area contributed by atoms with Crippen molar-refractivity contribution in [3.05, 3.63) is 56.8 Å². The summed E-state index contributed by atoms with van der Waals surface area (Å²) < 4.78 is 15.2. The van der Waals surface area contributed by atoms with Gasteiger partial charge in [0.05, 0.1) is 5.69 Å². The van der Waals surface area contributed by atoms with E-state index < -0.39 is 5.41 Å². The highest BCUT2D eigenvalue weighted by Crippen LogP contribution is 2.46. The van der Waals surface area contributed by atoms with Crippen molar-refractivity contribution in [2.24, 2.45) is 0 Å². The molecule has 3 nitrogen and oxygen atoms in total. The quantitative estimate of drug-likeness (QED) is 0.730. The summed E-state index contributed by atoms with van der Waals surface area (Å²) in [5.41, 5.74) is 3.98. The molecule has 0 saturated carbocycles. The van der Waals surface area contributed by atoms with Gasteiger partial charge in [0.2, 0.25) is 0 Å². The summed E-state index contributed by atoms with van der Waals surface area (Å²) in [6.07, 6.45) is 0. The molecule has 0 radical (unpaired) electrons. The van der Waals surface area contributed by atoms with E-state index in [9.17, 15) is 9.18 Å². The van der Waals surface area contributed by atoms with E-state index in [0.29, 0.717) is 16.8 Å². The highest BCUT2D eigenvalue weighted by atomic mass is 79.9. The molecule has 132 valence electrons. The van der Waals surface area contributed by atoms with E-state index in [0.717, 1.165) is 21.3 Å². The Hall–Kier alpha value is -1.88. The van der Waals surface area contributed by atoms with Crippen LogP contribution in [-0.4, -0.2) is 34.0 Å². The summed E-state index contributed by atoms with van der Waals surface area (Å²) in [4.78, 5) is 16.9. The number of halogens is 2. The average molecular weight is 405 g/mol. The lowest BCUT2D eigenvalue weighted by Gasteiger charge is -2.36. The van der Waals surface area contributed by atoms with Gasteiger partial charge in [-0.05, 0) is 51.3 Å². The highest BCUT2D eigenvalue weighted by Gasteiger charge is 2.39. The molecule has 0 unspecified atom stereocenters. The lowest BCUT2D eigenvalue weighted by atomic mass is 9.68. The molecule has 2 aromatic carbocycles. The number of carbonyl (C=O) groups excluding carboxylic acids is 1. The predicted octanol–water partition coefficient (Wildman–Crippen LogP) is 4.59. The van der Waals surface area contributed by atoms with Gasteiger partial charge < -0.3 is 9.80 Å². The molecule has 0 saturated heterocycles. The molecule has 0 bridgehead atoms. The van der Waals surface area contributed by atoms with Crippen molar-refractivity contribution in [1.82, 2.24) is 0 Å². The van der Waals surface area contributed by atoms with Crippen molar-refractivity contribution in [2.45, 2.75) is 19.3 Å². The number of rotatable bonds is 2. The number of fused-ring (bicyclic) bond motifs is 2. The van der Waals surface area contributed by atoms with Crippen molar-refractivity contribution in [1.29, 1.82) is 0 Å². The molecule has 0 amide bonds. The van der Waals surface area contributed by atoms with Gasteiger partial charge in [-0.2, -0.15) is 0 Å². The Morgan fingerprint density at radius 2 is 1.60 bits per heavy atom. The molecule has 1 aliphatic carbocycles. The summed E-state index contributed by atoms with van der Waals surface area (Å²) in [6, 6.07) is 7.17. The van der Waals surface area contributed by atoms with Gasteiger partial charge in [-0.3, -0.25) is 4.79 Å². The Morgan fingerprint density at radius 1 is 0.960 bits per heavy atom. The van der Waals surface area contributed by atoms with Crippen LogP contribution >= 0.6 is 15.9 Å². The van der Waals surface area contributed by atoms with E-state index in [1.54, 1.807) is 19.0 Å². The fraction of sp³-hybridized carbons (Fsp3) is 0.350. The van der Waals surface area contributed by atoms with Crippen LogP contribution in [0, 0.1) is 5.82 Å². The first kappa shape index (κ1) is 17.9. The Kier molecular flexibility index (Phi) is 4.18. The third-order valence-corrected chi connectivity index (χ3v) is 5.60. The molecule has 0 fully saturated rings. The van der Waals surface area contributed by atoms with Gasteiger partial charge in [0.25, 0.3) is 0 Å². The zero-order valence-electron chi connectivity index (χ0n) is 15.4. The fourth-order valence-electron chi connectivity index (χ4n) is 3.46. The van der Waals surface area contributed by atoms with Crippen molar-refractivity contribution >= 4 is 33.1 Å². The summed E-state index contributed by atoms with van der Waals surface area (Å²) in [5, 5.41) is 0. The van der Waals surface area contributed by atoms with E-state index in [4.69, 9.17) is 0 Å². The number of hydrogen-bond acceptors (Lipinski definition) is 3. The van der Waals surface area contributed by atoms with Gasteiger partial charge >= 0.3 is 0 Å². The van der Waals surface area contributed by atoms with Crippen molar-refractivity contribution in [3.8, 4) is 0 Å². The van der Waals surface area contributed by atoms with Gasteiger partial charge in [-0.15, -0.1) is 0 Å². The van der Waals surface area contributed by atoms with Gasteiger partial charge in [0, 0.05) is 54.9 Å². The highest BCUT2D eigenvalue weighted by molar-refractivity contribution is 9.10. The Morgan fingerprint density at radius 3 is 2.16 bits per heavy atom. The summed E-state index contributed by atoms with van der Waals surface area (Å²) >= 11 is 3.55. The molecular formula is C20H22BrFN2O. The van der Waals surface area contributed by atoms with Crippen LogP contribution in [0.15, 0.2) is 28.7 Å². The maximum Gasteiger partial charge on any atom is 0.194 e. The van der Waals surface area contributed by atoms with Crippen LogP contribution in [0.1, 0.15) is 40.9 Å². The minimum Gasteiger partial charge on any atom is -0.378 e. The number of carbonyl (C=O) groups is 1. The topological polar surface area (TPSA) is 23.6 Å². The lowest BCUT2D eigenvalue weighted by Crippen LogP contribution is -2.32. The van der Waals surface area contributed by atoms with Gasteiger partial charge in [0.1, 0.15) is 5.82 Å². The first-order valence-electron chi connectivity index (χ1n) is 8.13. The minimum atomic E-state index is -0.411. The fourth-order valence-corrected chi connectivity index (χ4v) is 4.09. The van der Waals surface area contributed by atoms with Crippen LogP contribution in [-0.2, 0) is 5.41 Å². The third kappa shape index (κ3) is 2.65. The number of anilines is 2. The second-order valence-electron chi connectivity index (χ2n) is 7.44. The molecule has 2 aromatic rings. The summed E-state index contributed by atoms with van der Waals surface area (Å²) in [5.74, 6) is -0.511. The Bertz CT molecular complexity index is 888. The number of benzene rings is 2. The molecular weight excluding hydrogens is 383 g/mol. The number of ketones is 1. The SMILES string of the molecule is CN(C)c1cc(Br)c2c(c1)C(C)(C)c1cc(N(C)C)c(F)cc1C2=O. The number of nitrogens with zero attached hydrogens (tertiary/aromatic N) is 2. The standard InChI is InChI=1S/C20H22BrFN2O/c1-20(2)13-10-17(24(5)6)16(22)9-12(13)19(25)18-14(20)7-11(23(3)4)8-15(18)21/h7-10H,1-6H3. The number of hydrogen-bond donors (Lipinski definition) is 0. The molecule has 3 rings (SSSR count). The van der Waals surface area contributed by atoms with E-state index >= 15 is 0 Å². The molecule has 0 spiro atoms. The summed E-state index contributed by atoms with van der Waals surface area (Å²) in [7, 11) is 7.55. The molecule has 25 heavy (non-hydrogen) atoms. The van der Waals surface area contributed by atoms with E-state index in [1.807, 2.05) is 31.1 Å².